The van der Waals surface area contributed by atoms with Crippen LogP contribution in [0.4, 0.5) is 0 Å². The van der Waals surface area contributed by atoms with E-state index in [0.717, 1.165) is 39.2 Å². The van der Waals surface area contributed by atoms with Crippen molar-refractivity contribution in [1.29, 1.82) is 0 Å². The molecule has 1 aliphatic carbocycles. The summed E-state index contributed by atoms with van der Waals surface area (Å²) in [6.45, 7) is 4.72. The summed E-state index contributed by atoms with van der Waals surface area (Å²) in [5.41, 5.74) is 14.8. The van der Waals surface area contributed by atoms with Crippen LogP contribution in [-0.2, 0) is 5.41 Å². The molecular weight excluding hydrogens is 697 g/mol. The number of aromatic nitrogens is 2. The first-order chi connectivity index (χ1) is 27.5. The number of hydrogen-bond acceptors (Lipinski definition) is 3. The molecule has 0 fully saturated rings. The van der Waals surface area contributed by atoms with E-state index in [1.54, 1.807) is 0 Å². The van der Waals surface area contributed by atoms with Crippen molar-refractivity contribution in [2.24, 2.45) is 0 Å². The molecule has 264 valence electrons. The molecule has 1 aliphatic rings. The van der Waals surface area contributed by atoms with E-state index in [-0.39, 0.29) is 5.41 Å². The van der Waals surface area contributed by atoms with E-state index >= 15 is 0 Å². The number of hydrogen-bond donors (Lipinski definition) is 0. The van der Waals surface area contributed by atoms with E-state index < -0.39 is 0 Å². The molecule has 0 saturated carbocycles. The van der Waals surface area contributed by atoms with Crippen LogP contribution < -0.4 is 0 Å². The zero-order valence-corrected chi connectivity index (χ0v) is 31.9. The Balaban J connectivity index is 1.12. The summed E-state index contributed by atoms with van der Waals surface area (Å²) in [4.78, 5) is 10.7. The van der Waals surface area contributed by atoms with Crippen LogP contribution >= 0.6 is 11.3 Å². The van der Waals surface area contributed by atoms with Gasteiger partial charge in [0.25, 0.3) is 0 Å². The number of thiophene rings is 1. The maximum atomic E-state index is 5.35. The molecule has 11 rings (SSSR count). The standard InChI is InChI=1S/C53H36N2S/c1-53(2)45-25-14-24-42(51(45)44-29-34-17-6-7-18-35(34)31-46(44)53)38-20-9-11-22-40(38)48-32-47(54-52(55-48)33-15-4-3-5-16-33)39-21-10-8-19-37(39)36-27-28-50-43(30-36)41-23-12-13-26-49(41)56-50/h3-32H,1-2H3. The summed E-state index contributed by atoms with van der Waals surface area (Å²) < 4.78 is 2.61. The second-order valence-corrected chi connectivity index (χ2v) is 16.4. The van der Waals surface area contributed by atoms with Gasteiger partial charge in [0.15, 0.2) is 5.82 Å². The first-order valence-corrected chi connectivity index (χ1v) is 20.1. The van der Waals surface area contributed by atoms with Crippen molar-refractivity contribution in [2.45, 2.75) is 19.3 Å². The predicted molar refractivity (Wildman–Crippen MR) is 237 cm³/mol. The van der Waals surface area contributed by atoms with Crippen LogP contribution in [0.2, 0.25) is 0 Å². The highest BCUT2D eigenvalue weighted by molar-refractivity contribution is 7.25. The monoisotopic (exact) mass is 732 g/mol. The first-order valence-electron chi connectivity index (χ1n) is 19.2. The fourth-order valence-electron chi connectivity index (χ4n) is 8.93. The molecular formula is C53H36N2S. The topological polar surface area (TPSA) is 25.8 Å². The van der Waals surface area contributed by atoms with Crippen LogP contribution in [0.1, 0.15) is 25.0 Å². The van der Waals surface area contributed by atoms with Crippen molar-refractivity contribution < 1.29 is 0 Å². The lowest BCUT2D eigenvalue weighted by atomic mass is 9.81. The van der Waals surface area contributed by atoms with Gasteiger partial charge in [-0.25, -0.2) is 9.97 Å². The number of nitrogens with zero attached hydrogens (tertiary/aromatic N) is 2. The normalized spacial score (nSPS) is 13.0. The number of fused-ring (bicyclic) bond motifs is 7. The minimum absolute atomic E-state index is 0.135. The third-order valence-electron chi connectivity index (χ3n) is 11.7. The highest BCUT2D eigenvalue weighted by Gasteiger charge is 2.37. The molecule has 0 bridgehead atoms. The SMILES string of the molecule is CC1(C)c2cc3ccccc3cc2-c2c(-c3ccccc3-c3cc(-c4ccccc4-c4ccc5sc6ccccc6c5c4)nc(-c4ccccc4)n3)cccc21. The fourth-order valence-corrected chi connectivity index (χ4v) is 10.0. The molecule has 2 heterocycles. The van der Waals surface area contributed by atoms with E-state index in [4.69, 9.17) is 9.97 Å². The van der Waals surface area contributed by atoms with Gasteiger partial charge >= 0.3 is 0 Å². The smallest absolute Gasteiger partial charge is 0.160 e. The summed E-state index contributed by atoms with van der Waals surface area (Å²) >= 11 is 1.85. The lowest BCUT2D eigenvalue weighted by Crippen LogP contribution is -2.14. The molecule has 3 heteroatoms. The van der Waals surface area contributed by atoms with Gasteiger partial charge < -0.3 is 0 Å². The zero-order chi connectivity index (χ0) is 37.4. The summed E-state index contributed by atoms with van der Waals surface area (Å²) in [7, 11) is 0. The lowest BCUT2D eigenvalue weighted by Gasteiger charge is -2.22. The van der Waals surface area contributed by atoms with E-state index in [0.29, 0.717) is 5.82 Å². The van der Waals surface area contributed by atoms with E-state index in [1.165, 1.54) is 64.3 Å². The van der Waals surface area contributed by atoms with Gasteiger partial charge in [-0.05, 0) is 91.7 Å². The first kappa shape index (κ1) is 32.7. The van der Waals surface area contributed by atoms with Crippen molar-refractivity contribution >= 4 is 42.3 Å². The van der Waals surface area contributed by atoms with E-state index in [2.05, 4.69) is 190 Å². The molecule has 0 N–H and O–H groups in total. The van der Waals surface area contributed by atoms with Gasteiger partial charge in [-0.1, -0.05) is 159 Å². The molecule has 8 aromatic carbocycles. The Morgan fingerprint density at radius 2 is 1.00 bits per heavy atom. The molecule has 2 aromatic heterocycles. The third-order valence-corrected chi connectivity index (χ3v) is 12.9. The van der Waals surface area contributed by atoms with Gasteiger partial charge in [0.05, 0.1) is 11.4 Å². The lowest BCUT2D eigenvalue weighted by molar-refractivity contribution is 0.661. The average molecular weight is 733 g/mol. The molecule has 56 heavy (non-hydrogen) atoms. The molecule has 0 aliphatic heterocycles. The van der Waals surface area contributed by atoms with Crippen molar-refractivity contribution in [3.63, 3.8) is 0 Å². The highest BCUT2D eigenvalue weighted by Crippen LogP contribution is 2.54. The third kappa shape index (κ3) is 5.16. The molecule has 0 atom stereocenters. The second-order valence-electron chi connectivity index (χ2n) is 15.3. The molecule has 2 nitrogen and oxygen atoms in total. The Morgan fingerprint density at radius 1 is 0.393 bits per heavy atom. The van der Waals surface area contributed by atoms with Crippen LogP contribution in [0.15, 0.2) is 182 Å². The van der Waals surface area contributed by atoms with E-state index in [1.807, 2.05) is 17.4 Å². The Labute approximate surface area is 330 Å². The molecule has 0 saturated heterocycles. The zero-order valence-electron chi connectivity index (χ0n) is 31.1. The fraction of sp³-hybridized carbons (Fsp3) is 0.0566. The van der Waals surface area contributed by atoms with Crippen molar-refractivity contribution in [2.75, 3.05) is 0 Å². The van der Waals surface area contributed by atoms with Crippen LogP contribution in [0.5, 0.6) is 0 Å². The van der Waals surface area contributed by atoms with Crippen LogP contribution in [0.3, 0.4) is 0 Å². The van der Waals surface area contributed by atoms with Gasteiger partial charge in [-0.3, -0.25) is 0 Å². The quantitative estimate of drug-likeness (QED) is 0.176. The molecule has 0 radical (unpaired) electrons. The maximum absolute atomic E-state index is 5.35. The van der Waals surface area contributed by atoms with Gasteiger partial charge in [0, 0.05) is 42.3 Å². The predicted octanol–water partition coefficient (Wildman–Crippen LogP) is 14.6. The Kier molecular flexibility index (Phi) is 7.42. The van der Waals surface area contributed by atoms with Crippen molar-refractivity contribution in [3.05, 3.63) is 193 Å². The minimum atomic E-state index is -0.135. The average Bonchev–Trinajstić information content (AvgIpc) is 3.74. The van der Waals surface area contributed by atoms with Crippen LogP contribution in [-0.4, -0.2) is 9.97 Å². The molecule has 0 amide bonds. The highest BCUT2D eigenvalue weighted by atomic mass is 32.1. The Morgan fingerprint density at radius 3 is 1.79 bits per heavy atom. The second kappa shape index (κ2) is 12.7. The van der Waals surface area contributed by atoms with Gasteiger partial charge in [-0.15, -0.1) is 11.3 Å². The van der Waals surface area contributed by atoms with Crippen molar-refractivity contribution in [1.82, 2.24) is 9.97 Å². The largest absolute Gasteiger partial charge is 0.228 e. The molecule has 0 spiro atoms. The number of rotatable bonds is 5. The van der Waals surface area contributed by atoms with Gasteiger partial charge in [0.2, 0.25) is 0 Å². The molecule has 10 aromatic rings. The number of benzene rings is 8. The Hall–Kier alpha value is -6.68. The minimum Gasteiger partial charge on any atom is -0.228 e. The summed E-state index contributed by atoms with van der Waals surface area (Å²) in [6, 6.07) is 65.9. The summed E-state index contributed by atoms with van der Waals surface area (Å²) in [5, 5.41) is 5.12. The van der Waals surface area contributed by atoms with Crippen molar-refractivity contribution in [3.8, 4) is 67.3 Å². The van der Waals surface area contributed by atoms with Crippen LogP contribution in [0, 0.1) is 0 Å². The van der Waals surface area contributed by atoms with Gasteiger partial charge in [0.1, 0.15) is 0 Å². The Bertz CT molecular complexity index is 3170. The summed E-state index contributed by atoms with van der Waals surface area (Å²) in [6.07, 6.45) is 0. The maximum Gasteiger partial charge on any atom is 0.160 e. The summed E-state index contributed by atoms with van der Waals surface area (Å²) in [5.74, 6) is 0.707. The van der Waals surface area contributed by atoms with E-state index in [9.17, 15) is 0 Å². The molecule has 0 unspecified atom stereocenters. The van der Waals surface area contributed by atoms with Crippen LogP contribution in [0.25, 0.3) is 98.2 Å². The van der Waals surface area contributed by atoms with Gasteiger partial charge in [-0.2, -0.15) is 0 Å².